The van der Waals surface area contributed by atoms with Crippen molar-refractivity contribution in [1.82, 2.24) is 0 Å². The molecule has 0 aliphatic rings. The van der Waals surface area contributed by atoms with Crippen LogP contribution < -0.4 is 10.5 Å². The summed E-state index contributed by atoms with van der Waals surface area (Å²) in [6.07, 6.45) is 0.173. The minimum Gasteiger partial charge on any atom is -0.487 e. The highest BCUT2D eigenvalue weighted by atomic mass is 79.9. The maximum absolute atomic E-state index is 11.4. The van der Waals surface area contributed by atoms with E-state index in [1.165, 1.54) is 20.1 Å². The van der Waals surface area contributed by atoms with E-state index >= 15 is 0 Å². The maximum Gasteiger partial charge on any atom is 0.325 e. The van der Waals surface area contributed by atoms with Gasteiger partial charge in [0.25, 0.3) is 0 Å². The largest absolute Gasteiger partial charge is 0.487 e. The van der Waals surface area contributed by atoms with E-state index in [1.807, 2.05) is 0 Å². The van der Waals surface area contributed by atoms with Crippen LogP contribution in [-0.4, -0.2) is 30.1 Å². The lowest BCUT2D eigenvalue weighted by Gasteiger charge is -2.21. The molecule has 0 amide bonds. The minimum absolute atomic E-state index is 0.0609. The van der Waals surface area contributed by atoms with Crippen molar-refractivity contribution in [3.63, 3.8) is 0 Å². The number of ether oxygens (including phenoxy) is 2. The highest BCUT2D eigenvalue weighted by Crippen LogP contribution is 2.34. The first-order valence-electron chi connectivity index (χ1n) is 6.13. The van der Waals surface area contributed by atoms with Gasteiger partial charge in [-0.05, 0) is 25.5 Å². The molecule has 0 saturated carbocycles. The molecule has 0 radical (unpaired) electrons. The first-order valence-corrected chi connectivity index (χ1v) is 6.93. The number of benzene rings is 1. The van der Waals surface area contributed by atoms with Gasteiger partial charge in [-0.15, -0.1) is 0 Å². The molecule has 0 saturated heterocycles. The summed E-state index contributed by atoms with van der Waals surface area (Å²) in [7, 11) is 1.25. The van der Waals surface area contributed by atoms with Crippen molar-refractivity contribution in [3.8, 4) is 5.75 Å². The number of esters is 1. The number of halogens is 1. The van der Waals surface area contributed by atoms with Gasteiger partial charge < -0.3 is 15.2 Å². The maximum atomic E-state index is 11.4. The van der Waals surface area contributed by atoms with Gasteiger partial charge >= 0.3 is 11.7 Å². The van der Waals surface area contributed by atoms with Crippen LogP contribution >= 0.6 is 15.9 Å². The summed E-state index contributed by atoms with van der Waals surface area (Å²) in [5, 5.41) is 11.0. The Labute approximate surface area is 130 Å². The molecule has 0 fully saturated rings. The van der Waals surface area contributed by atoms with Crippen molar-refractivity contribution < 1.29 is 19.2 Å². The molecule has 1 aromatic carbocycles. The molecule has 1 unspecified atom stereocenters. The lowest BCUT2D eigenvalue weighted by Crippen LogP contribution is -2.46. The van der Waals surface area contributed by atoms with Crippen molar-refractivity contribution in [2.45, 2.75) is 25.8 Å². The van der Waals surface area contributed by atoms with Gasteiger partial charge in [-0.3, -0.25) is 14.9 Å². The predicted molar refractivity (Wildman–Crippen MR) is 80.3 cm³/mol. The summed E-state index contributed by atoms with van der Waals surface area (Å²) in [4.78, 5) is 22.0. The van der Waals surface area contributed by atoms with E-state index in [0.29, 0.717) is 10.0 Å². The van der Waals surface area contributed by atoms with Crippen LogP contribution in [0.3, 0.4) is 0 Å². The van der Waals surface area contributed by atoms with E-state index in [4.69, 9.17) is 10.5 Å². The highest BCUT2D eigenvalue weighted by molar-refractivity contribution is 9.10. The third-order valence-electron chi connectivity index (χ3n) is 2.94. The van der Waals surface area contributed by atoms with Gasteiger partial charge in [0.1, 0.15) is 5.54 Å². The summed E-state index contributed by atoms with van der Waals surface area (Å²) in [5.74, 6) is -0.392. The molecule has 2 N–H and O–H groups in total. The van der Waals surface area contributed by atoms with Crippen LogP contribution in [0.2, 0.25) is 0 Å². The molecule has 0 heterocycles. The Balaban J connectivity index is 2.85. The molecule has 0 aromatic heterocycles. The van der Waals surface area contributed by atoms with Gasteiger partial charge in [-0.25, -0.2) is 0 Å². The van der Waals surface area contributed by atoms with Gasteiger partial charge in [0, 0.05) is 17.0 Å². The van der Waals surface area contributed by atoms with E-state index < -0.39 is 16.4 Å². The zero-order valence-corrected chi connectivity index (χ0v) is 13.6. The first-order chi connectivity index (χ1) is 9.69. The van der Waals surface area contributed by atoms with Gasteiger partial charge in [-0.2, -0.15) is 0 Å². The Morgan fingerprint density at radius 2 is 2.14 bits per heavy atom. The molecule has 1 aromatic rings. The number of nitro benzene ring substituents is 1. The van der Waals surface area contributed by atoms with Crippen LogP contribution in [-0.2, 0) is 9.53 Å². The number of carbonyl (C=O) groups is 1. The van der Waals surface area contributed by atoms with Crippen LogP contribution in [0.5, 0.6) is 5.75 Å². The van der Waals surface area contributed by atoms with E-state index in [-0.39, 0.29) is 24.5 Å². The van der Waals surface area contributed by atoms with Crippen molar-refractivity contribution in [2.24, 2.45) is 5.73 Å². The molecular weight excluding hydrogens is 344 g/mol. The molecule has 0 aliphatic heterocycles. The molecule has 8 heteroatoms. The van der Waals surface area contributed by atoms with Crippen LogP contribution in [0.15, 0.2) is 16.6 Å². The summed E-state index contributed by atoms with van der Waals surface area (Å²) in [6, 6.07) is 3.08. The van der Waals surface area contributed by atoms with E-state index in [1.54, 1.807) is 13.0 Å². The summed E-state index contributed by atoms with van der Waals surface area (Å²) < 4.78 is 10.6. The van der Waals surface area contributed by atoms with Crippen molar-refractivity contribution in [3.05, 3.63) is 32.3 Å². The van der Waals surface area contributed by atoms with Gasteiger partial charge in [0.15, 0.2) is 5.75 Å². The lowest BCUT2D eigenvalue weighted by atomic mass is 10.0. The smallest absolute Gasteiger partial charge is 0.325 e. The van der Waals surface area contributed by atoms with Crippen LogP contribution in [0.25, 0.3) is 0 Å². The quantitative estimate of drug-likeness (QED) is 0.474. The highest BCUT2D eigenvalue weighted by Gasteiger charge is 2.30. The van der Waals surface area contributed by atoms with Crippen molar-refractivity contribution in [2.75, 3.05) is 13.7 Å². The third kappa shape index (κ3) is 4.40. The molecule has 1 atom stereocenters. The lowest BCUT2D eigenvalue weighted by molar-refractivity contribution is -0.386. The summed E-state index contributed by atoms with van der Waals surface area (Å²) in [5.41, 5.74) is 5.08. The van der Waals surface area contributed by atoms with E-state index in [0.717, 1.165) is 0 Å². The van der Waals surface area contributed by atoms with Gasteiger partial charge in [0.05, 0.1) is 18.6 Å². The molecule has 0 spiro atoms. The molecule has 116 valence electrons. The van der Waals surface area contributed by atoms with Crippen LogP contribution in [0.4, 0.5) is 5.69 Å². The van der Waals surface area contributed by atoms with Crippen molar-refractivity contribution in [1.29, 1.82) is 0 Å². The number of nitro groups is 1. The second-order valence-corrected chi connectivity index (χ2v) is 5.75. The Morgan fingerprint density at radius 1 is 1.52 bits per heavy atom. The fourth-order valence-corrected chi connectivity index (χ4v) is 2.30. The fourth-order valence-electron chi connectivity index (χ4n) is 1.74. The minimum atomic E-state index is -1.20. The number of rotatable bonds is 6. The second kappa shape index (κ2) is 6.86. The summed E-state index contributed by atoms with van der Waals surface area (Å²) >= 11 is 3.20. The zero-order valence-electron chi connectivity index (χ0n) is 12.0. The van der Waals surface area contributed by atoms with Crippen LogP contribution in [0.1, 0.15) is 18.9 Å². The number of hydrogen-bond acceptors (Lipinski definition) is 6. The van der Waals surface area contributed by atoms with Gasteiger partial charge in [-0.1, -0.05) is 15.9 Å². The number of carbonyl (C=O) groups excluding carboxylic acids is 1. The average Bonchev–Trinajstić information content (AvgIpc) is 2.39. The number of nitrogens with zero attached hydrogens (tertiary/aromatic N) is 1. The Bertz CT molecular complexity index is 560. The molecule has 7 nitrogen and oxygen atoms in total. The number of methoxy groups -OCH3 is 1. The zero-order chi connectivity index (χ0) is 16.2. The second-order valence-electron chi connectivity index (χ2n) is 4.84. The average molecular weight is 361 g/mol. The molecular formula is C13H17BrN2O5. The SMILES string of the molecule is COC(=O)C(C)(N)CCOc1c(C)cc(Br)cc1[N+](=O)[O-]. The van der Waals surface area contributed by atoms with Crippen LogP contribution in [0, 0.1) is 17.0 Å². The molecule has 1 rings (SSSR count). The summed E-state index contributed by atoms with van der Waals surface area (Å²) in [6.45, 7) is 3.28. The fraction of sp³-hybridized carbons (Fsp3) is 0.462. The number of aryl methyl sites for hydroxylation is 1. The molecule has 0 bridgehead atoms. The molecule has 21 heavy (non-hydrogen) atoms. The third-order valence-corrected chi connectivity index (χ3v) is 3.39. The Morgan fingerprint density at radius 3 is 2.67 bits per heavy atom. The first kappa shape index (κ1) is 17.4. The number of hydrogen-bond donors (Lipinski definition) is 1. The van der Waals surface area contributed by atoms with E-state index in [2.05, 4.69) is 20.7 Å². The monoisotopic (exact) mass is 360 g/mol. The normalized spacial score (nSPS) is 13.4. The standard InChI is InChI=1S/C13H17BrN2O5/c1-8-6-9(14)7-10(16(18)19)11(8)21-5-4-13(2,15)12(17)20-3/h6-7H,4-5,15H2,1-3H3. The topological polar surface area (TPSA) is 105 Å². The number of nitrogens with two attached hydrogens (primary N) is 1. The Hall–Kier alpha value is -1.67. The Kier molecular flexibility index (Phi) is 5.68. The molecule has 0 aliphatic carbocycles. The van der Waals surface area contributed by atoms with Gasteiger partial charge in [0.2, 0.25) is 0 Å². The van der Waals surface area contributed by atoms with E-state index in [9.17, 15) is 14.9 Å². The predicted octanol–water partition coefficient (Wildman–Crippen LogP) is 2.33. The van der Waals surface area contributed by atoms with Crippen molar-refractivity contribution >= 4 is 27.6 Å².